The van der Waals surface area contributed by atoms with E-state index in [9.17, 15) is 19.2 Å². The summed E-state index contributed by atoms with van der Waals surface area (Å²) in [6.07, 6.45) is 10.2. The normalized spacial score (nSPS) is 23.6. The Labute approximate surface area is 261 Å². The monoisotopic (exact) mass is 611 g/mol. The number of piperidine rings is 1. The molecule has 0 radical (unpaired) electrons. The average molecular weight is 612 g/mol. The molecule has 234 valence electrons. The van der Waals surface area contributed by atoms with E-state index in [1.54, 1.807) is 18.2 Å². The van der Waals surface area contributed by atoms with Crippen LogP contribution < -0.4 is 15.5 Å². The SMILES string of the molecule is CN1CCN(c2ccnc(-c3cnn([C@H]4C[C@H](CCCNc5ccc6c(c5)C(=O)N(C5CCC(=O)NC5=O)C6=O)C4)c3)n2)CC1. The van der Waals surface area contributed by atoms with E-state index in [-0.39, 0.29) is 29.9 Å². The van der Waals surface area contributed by atoms with Crippen LogP contribution in [0, 0.1) is 5.92 Å². The van der Waals surface area contributed by atoms with Crippen molar-refractivity contribution < 1.29 is 19.2 Å². The molecule has 0 bridgehead atoms. The minimum Gasteiger partial charge on any atom is -0.385 e. The zero-order chi connectivity index (χ0) is 31.1. The third-order valence-corrected chi connectivity index (χ3v) is 9.47. The number of carbonyl (C=O) groups is 4. The van der Waals surface area contributed by atoms with Gasteiger partial charge in [0.25, 0.3) is 11.8 Å². The van der Waals surface area contributed by atoms with Crippen LogP contribution in [-0.4, -0.2) is 99.0 Å². The summed E-state index contributed by atoms with van der Waals surface area (Å²) in [7, 11) is 2.14. The van der Waals surface area contributed by atoms with Crippen molar-refractivity contribution in [1.29, 1.82) is 0 Å². The first kappa shape index (κ1) is 29.1. The highest BCUT2D eigenvalue weighted by Gasteiger charge is 2.44. The number of fused-ring (bicyclic) bond motifs is 1. The minimum atomic E-state index is -0.960. The Kier molecular flexibility index (Phi) is 7.78. The van der Waals surface area contributed by atoms with Crippen LogP contribution in [0.25, 0.3) is 11.4 Å². The Balaban J connectivity index is 0.871. The molecule has 3 fully saturated rings. The first-order valence-corrected chi connectivity index (χ1v) is 15.7. The largest absolute Gasteiger partial charge is 0.385 e. The molecule has 4 amide bonds. The predicted molar refractivity (Wildman–Crippen MR) is 166 cm³/mol. The molecule has 7 rings (SSSR count). The molecule has 4 aliphatic rings. The summed E-state index contributed by atoms with van der Waals surface area (Å²) < 4.78 is 2.05. The Hall–Kier alpha value is -4.65. The summed E-state index contributed by atoms with van der Waals surface area (Å²) >= 11 is 0. The summed E-state index contributed by atoms with van der Waals surface area (Å²) in [6.45, 7) is 4.72. The van der Waals surface area contributed by atoms with E-state index in [1.807, 2.05) is 18.5 Å². The van der Waals surface area contributed by atoms with Crippen LogP contribution in [0.3, 0.4) is 0 Å². The molecule has 45 heavy (non-hydrogen) atoms. The van der Waals surface area contributed by atoms with Crippen LogP contribution in [0.5, 0.6) is 0 Å². The fourth-order valence-corrected chi connectivity index (χ4v) is 6.71. The number of piperazine rings is 1. The smallest absolute Gasteiger partial charge is 0.262 e. The quantitative estimate of drug-likeness (QED) is 0.273. The topological polar surface area (TPSA) is 146 Å². The maximum absolute atomic E-state index is 13.1. The van der Waals surface area contributed by atoms with E-state index in [0.29, 0.717) is 17.8 Å². The third kappa shape index (κ3) is 5.79. The van der Waals surface area contributed by atoms with E-state index in [1.165, 1.54) is 0 Å². The first-order valence-electron chi connectivity index (χ1n) is 15.7. The van der Waals surface area contributed by atoms with Gasteiger partial charge in [-0.2, -0.15) is 5.10 Å². The lowest BCUT2D eigenvalue weighted by Crippen LogP contribution is -2.54. The number of hydrogen-bond acceptors (Lipinski definition) is 10. The van der Waals surface area contributed by atoms with Gasteiger partial charge in [-0.1, -0.05) is 0 Å². The van der Waals surface area contributed by atoms with Gasteiger partial charge in [0.15, 0.2) is 5.82 Å². The number of amides is 4. The molecule has 13 nitrogen and oxygen atoms in total. The van der Waals surface area contributed by atoms with Crippen molar-refractivity contribution in [2.24, 2.45) is 5.92 Å². The summed E-state index contributed by atoms with van der Waals surface area (Å²) in [5.74, 6) is 0.318. The van der Waals surface area contributed by atoms with Crippen molar-refractivity contribution in [3.05, 3.63) is 54.0 Å². The highest BCUT2D eigenvalue weighted by Crippen LogP contribution is 2.40. The molecule has 13 heteroatoms. The predicted octanol–water partition coefficient (Wildman–Crippen LogP) is 2.34. The third-order valence-electron chi connectivity index (χ3n) is 9.47. The van der Waals surface area contributed by atoms with Crippen molar-refractivity contribution in [2.75, 3.05) is 50.0 Å². The number of benzene rings is 1. The molecule has 2 N–H and O–H groups in total. The molecule has 1 aromatic carbocycles. The second kappa shape index (κ2) is 12.0. The van der Waals surface area contributed by atoms with E-state index in [0.717, 1.165) is 80.4 Å². The highest BCUT2D eigenvalue weighted by atomic mass is 16.2. The number of likely N-dealkylation sites (N-methyl/N-ethyl adjacent to an activating group) is 1. The van der Waals surface area contributed by atoms with Crippen LogP contribution >= 0.6 is 0 Å². The van der Waals surface area contributed by atoms with E-state index >= 15 is 0 Å². The molecule has 1 saturated carbocycles. The maximum atomic E-state index is 13.1. The number of nitrogens with zero attached hydrogens (tertiary/aromatic N) is 7. The van der Waals surface area contributed by atoms with Crippen molar-refractivity contribution in [2.45, 2.75) is 50.6 Å². The van der Waals surface area contributed by atoms with Crippen molar-refractivity contribution in [1.82, 2.24) is 34.9 Å². The van der Waals surface area contributed by atoms with Crippen LogP contribution in [0.15, 0.2) is 42.9 Å². The Morgan fingerprint density at radius 1 is 1.00 bits per heavy atom. The second-order valence-electron chi connectivity index (χ2n) is 12.5. The summed E-state index contributed by atoms with van der Waals surface area (Å²) in [5, 5.41) is 10.2. The van der Waals surface area contributed by atoms with E-state index in [4.69, 9.17) is 4.98 Å². The van der Waals surface area contributed by atoms with Gasteiger partial charge in [-0.25, -0.2) is 9.97 Å². The van der Waals surface area contributed by atoms with Gasteiger partial charge in [0.05, 0.1) is 28.9 Å². The zero-order valence-corrected chi connectivity index (χ0v) is 25.3. The summed E-state index contributed by atoms with van der Waals surface area (Å²) in [4.78, 5) is 64.7. The van der Waals surface area contributed by atoms with Gasteiger partial charge >= 0.3 is 0 Å². The minimum absolute atomic E-state index is 0.0994. The van der Waals surface area contributed by atoms with Crippen LogP contribution in [0.2, 0.25) is 0 Å². The molecule has 3 aromatic rings. The molecule has 1 atom stereocenters. The second-order valence-corrected chi connectivity index (χ2v) is 12.5. The maximum Gasteiger partial charge on any atom is 0.262 e. The van der Waals surface area contributed by atoms with Gasteiger partial charge in [-0.3, -0.25) is 34.1 Å². The molecule has 1 aliphatic carbocycles. The molecule has 2 aromatic heterocycles. The molecular weight excluding hydrogens is 574 g/mol. The number of nitrogens with one attached hydrogen (secondary N) is 2. The van der Waals surface area contributed by atoms with Gasteiger partial charge in [0, 0.05) is 57.2 Å². The van der Waals surface area contributed by atoms with Crippen LogP contribution in [0.4, 0.5) is 11.5 Å². The van der Waals surface area contributed by atoms with E-state index in [2.05, 4.69) is 48.4 Å². The lowest BCUT2D eigenvalue weighted by molar-refractivity contribution is -0.136. The summed E-state index contributed by atoms with van der Waals surface area (Å²) in [5.41, 5.74) is 2.27. The molecule has 1 unspecified atom stereocenters. The van der Waals surface area contributed by atoms with Crippen molar-refractivity contribution in [3.8, 4) is 11.4 Å². The fourth-order valence-electron chi connectivity index (χ4n) is 6.71. The molecule has 0 spiro atoms. The molecular formula is C32H37N9O4. The molecule has 2 saturated heterocycles. The van der Waals surface area contributed by atoms with Gasteiger partial charge in [0.2, 0.25) is 11.8 Å². The molecule has 3 aliphatic heterocycles. The number of imide groups is 2. The van der Waals surface area contributed by atoms with Gasteiger partial charge in [-0.15, -0.1) is 0 Å². The lowest BCUT2D eigenvalue weighted by Gasteiger charge is -2.35. The van der Waals surface area contributed by atoms with Gasteiger partial charge in [-0.05, 0) is 69.3 Å². The Bertz CT molecular complexity index is 1640. The zero-order valence-electron chi connectivity index (χ0n) is 25.3. The lowest BCUT2D eigenvalue weighted by atomic mass is 9.77. The van der Waals surface area contributed by atoms with Crippen molar-refractivity contribution >= 4 is 35.1 Å². The van der Waals surface area contributed by atoms with Gasteiger partial charge in [0.1, 0.15) is 11.9 Å². The number of hydrogen-bond donors (Lipinski definition) is 2. The number of carbonyl (C=O) groups excluding carboxylic acids is 4. The van der Waals surface area contributed by atoms with Crippen molar-refractivity contribution in [3.63, 3.8) is 0 Å². The standard InChI is InChI=1S/C32H37N9O4/c1-38-11-13-39(14-12-38)27-8-10-34-29(36-27)21-18-35-40(19-21)23-15-20(16-23)3-2-9-33-22-4-5-24-25(17-22)32(45)41(31(24)44)26-6-7-28(42)37-30(26)43/h4-5,8,10,17-20,23,26,33H,2-3,6-7,9,11-16H2,1H3,(H,37,42,43)/t20-,23-,26?. The molecule has 5 heterocycles. The number of aromatic nitrogens is 4. The Morgan fingerprint density at radius 3 is 2.60 bits per heavy atom. The van der Waals surface area contributed by atoms with Crippen LogP contribution in [0.1, 0.15) is 65.3 Å². The van der Waals surface area contributed by atoms with E-state index < -0.39 is 23.8 Å². The average Bonchev–Trinajstić information content (AvgIpc) is 3.59. The highest BCUT2D eigenvalue weighted by molar-refractivity contribution is 6.23. The number of rotatable bonds is 9. The Morgan fingerprint density at radius 2 is 1.80 bits per heavy atom. The summed E-state index contributed by atoms with van der Waals surface area (Å²) in [6, 6.07) is 6.50. The first-order chi connectivity index (χ1) is 21.8. The fraction of sp³-hybridized carbons (Fsp3) is 0.469. The van der Waals surface area contributed by atoms with Crippen LogP contribution in [-0.2, 0) is 9.59 Å². The van der Waals surface area contributed by atoms with Gasteiger partial charge < -0.3 is 15.1 Å². The number of anilines is 2.